The van der Waals surface area contributed by atoms with Crippen molar-refractivity contribution in [2.24, 2.45) is 0 Å². The molecule has 2 rings (SSSR count). The average molecular weight is 263 g/mol. The number of carbonyl (C=O) groups is 1. The molecule has 1 unspecified atom stereocenters. The molecule has 0 aromatic heterocycles. The number of rotatable bonds is 3. The molecular weight excluding hydrogens is 242 g/mol. The minimum atomic E-state index is -0.363. The van der Waals surface area contributed by atoms with E-state index in [4.69, 9.17) is 4.74 Å². The molecule has 0 saturated carbocycles. The monoisotopic (exact) mass is 263 g/mol. The number of carbonyl (C=O) groups excluding carboxylic acids is 1. The molecule has 1 amide bonds. The molecule has 4 heteroatoms. The van der Waals surface area contributed by atoms with Crippen LogP contribution in [0, 0.1) is 0 Å². The fraction of sp³-hybridized carbons (Fsp3) is 0.533. The summed E-state index contributed by atoms with van der Waals surface area (Å²) in [5.41, 5.74) is 1.14. The standard InChI is InChI=1S/C15H21NO3/c1-11(2)12-5-3-7-14(9-12)19-15(18)16-8-4-6-13(16)10-17/h3,5,7,9,11,13,17H,4,6,8,10H2,1-2H3. The Morgan fingerprint density at radius 2 is 2.32 bits per heavy atom. The summed E-state index contributed by atoms with van der Waals surface area (Å²) in [4.78, 5) is 13.7. The molecule has 1 aliphatic rings. The molecule has 1 fully saturated rings. The maximum Gasteiger partial charge on any atom is 0.415 e. The Hall–Kier alpha value is -1.55. The number of hydrogen-bond acceptors (Lipinski definition) is 3. The molecule has 1 aliphatic heterocycles. The Kier molecular flexibility index (Phi) is 4.43. The van der Waals surface area contributed by atoms with Gasteiger partial charge in [-0.1, -0.05) is 26.0 Å². The third kappa shape index (κ3) is 3.26. The maximum atomic E-state index is 12.1. The number of aliphatic hydroxyl groups excluding tert-OH is 1. The normalized spacial score (nSPS) is 18.9. The van der Waals surface area contributed by atoms with Gasteiger partial charge >= 0.3 is 6.09 Å². The van der Waals surface area contributed by atoms with Gasteiger partial charge in [0, 0.05) is 6.54 Å². The molecule has 4 nitrogen and oxygen atoms in total. The molecule has 0 aliphatic carbocycles. The first-order valence-corrected chi connectivity index (χ1v) is 6.81. The predicted octanol–water partition coefficient (Wildman–Crippen LogP) is 2.77. The number of nitrogens with zero attached hydrogens (tertiary/aromatic N) is 1. The highest BCUT2D eigenvalue weighted by atomic mass is 16.6. The lowest BCUT2D eigenvalue weighted by Gasteiger charge is -2.22. The van der Waals surface area contributed by atoms with Crippen LogP contribution in [0.15, 0.2) is 24.3 Å². The van der Waals surface area contributed by atoms with E-state index in [0.29, 0.717) is 18.2 Å². The van der Waals surface area contributed by atoms with Crippen LogP contribution in [0.1, 0.15) is 38.2 Å². The SMILES string of the molecule is CC(C)c1cccc(OC(=O)N2CCCC2CO)c1. The maximum absolute atomic E-state index is 12.1. The van der Waals surface area contributed by atoms with Crippen LogP contribution in [0.5, 0.6) is 5.75 Å². The molecule has 1 aromatic carbocycles. The van der Waals surface area contributed by atoms with Gasteiger partial charge in [-0.05, 0) is 36.5 Å². The van der Waals surface area contributed by atoms with E-state index in [-0.39, 0.29) is 18.7 Å². The van der Waals surface area contributed by atoms with Crippen molar-refractivity contribution in [3.63, 3.8) is 0 Å². The van der Waals surface area contributed by atoms with Gasteiger partial charge in [0.05, 0.1) is 12.6 Å². The summed E-state index contributed by atoms with van der Waals surface area (Å²) >= 11 is 0. The molecule has 1 aromatic rings. The van der Waals surface area contributed by atoms with Crippen LogP contribution in [-0.4, -0.2) is 35.3 Å². The van der Waals surface area contributed by atoms with Crippen molar-refractivity contribution in [2.45, 2.75) is 38.6 Å². The van der Waals surface area contributed by atoms with Crippen LogP contribution in [0.4, 0.5) is 4.79 Å². The molecule has 1 atom stereocenters. The van der Waals surface area contributed by atoms with Crippen LogP contribution in [0.2, 0.25) is 0 Å². The van der Waals surface area contributed by atoms with Gasteiger partial charge in [-0.2, -0.15) is 0 Å². The van der Waals surface area contributed by atoms with E-state index in [1.807, 2.05) is 18.2 Å². The van der Waals surface area contributed by atoms with Crippen molar-refractivity contribution >= 4 is 6.09 Å². The molecular formula is C15H21NO3. The van der Waals surface area contributed by atoms with Gasteiger partial charge in [0.25, 0.3) is 0 Å². The van der Waals surface area contributed by atoms with Crippen molar-refractivity contribution in [2.75, 3.05) is 13.2 Å². The largest absolute Gasteiger partial charge is 0.415 e. The Morgan fingerprint density at radius 1 is 1.53 bits per heavy atom. The molecule has 0 bridgehead atoms. The number of hydrogen-bond donors (Lipinski definition) is 1. The molecule has 1 saturated heterocycles. The van der Waals surface area contributed by atoms with Crippen LogP contribution < -0.4 is 4.74 Å². The predicted molar refractivity (Wildman–Crippen MR) is 73.4 cm³/mol. The van der Waals surface area contributed by atoms with E-state index in [0.717, 1.165) is 18.4 Å². The van der Waals surface area contributed by atoms with E-state index in [9.17, 15) is 9.90 Å². The Morgan fingerprint density at radius 3 is 3.00 bits per heavy atom. The summed E-state index contributed by atoms with van der Waals surface area (Å²) in [5, 5.41) is 9.22. The number of ether oxygens (including phenoxy) is 1. The first-order chi connectivity index (χ1) is 9.11. The van der Waals surface area contributed by atoms with Gasteiger partial charge in [-0.15, -0.1) is 0 Å². The van der Waals surface area contributed by atoms with Crippen molar-refractivity contribution < 1.29 is 14.6 Å². The van der Waals surface area contributed by atoms with Crippen LogP contribution in [0.3, 0.4) is 0 Å². The van der Waals surface area contributed by atoms with Crippen molar-refractivity contribution in [3.05, 3.63) is 29.8 Å². The molecule has 104 valence electrons. The lowest BCUT2D eigenvalue weighted by atomic mass is 10.0. The van der Waals surface area contributed by atoms with Gasteiger partial charge in [0.15, 0.2) is 0 Å². The fourth-order valence-electron chi connectivity index (χ4n) is 2.36. The minimum absolute atomic E-state index is 0.00112. The fourth-order valence-corrected chi connectivity index (χ4v) is 2.36. The van der Waals surface area contributed by atoms with E-state index in [1.165, 1.54) is 0 Å². The van der Waals surface area contributed by atoms with E-state index in [1.54, 1.807) is 11.0 Å². The second-order valence-electron chi connectivity index (χ2n) is 5.27. The van der Waals surface area contributed by atoms with Crippen LogP contribution in [-0.2, 0) is 0 Å². The highest BCUT2D eigenvalue weighted by Gasteiger charge is 2.29. The topological polar surface area (TPSA) is 49.8 Å². The summed E-state index contributed by atoms with van der Waals surface area (Å²) in [5.74, 6) is 0.968. The number of aliphatic hydroxyl groups is 1. The molecule has 0 radical (unpaired) electrons. The lowest BCUT2D eigenvalue weighted by molar-refractivity contribution is 0.124. The number of amides is 1. The first-order valence-electron chi connectivity index (χ1n) is 6.81. The molecule has 1 heterocycles. The zero-order chi connectivity index (χ0) is 13.8. The quantitative estimate of drug-likeness (QED) is 0.912. The van der Waals surface area contributed by atoms with Crippen molar-refractivity contribution in [1.82, 2.24) is 4.90 Å². The van der Waals surface area contributed by atoms with Crippen LogP contribution >= 0.6 is 0 Å². The van der Waals surface area contributed by atoms with E-state index < -0.39 is 0 Å². The zero-order valence-electron chi connectivity index (χ0n) is 11.5. The Labute approximate surface area is 114 Å². The highest BCUT2D eigenvalue weighted by Crippen LogP contribution is 2.23. The zero-order valence-corrected chi connectivity index (χ0v) is 11.5. The average Bonchev–Trinajstić information content (AvgIpc) is 2.87. The summed E-state index contributed by atoms with van der Waals surface area (Å²) in [6.07, 6.45) is 1.40. The van der Waals surface area contributed by atoms with Gasteiger partial charge in [-0.25, -0.2) is 4.79 Å². The second kappa shape index (κ2) is 6.06. The highest BCUT2D eigenvalue weighted by molar-refractivity contribution is 5.71. The Bertz CT molecular complexity index is 445. The summed E-state index contributed by atoms with van der Waals surface area (Å²) in [7, 11) is 0. The lowest BCUT2D eigenvalue weighted by Crippen LogP contribution is -2.39. The molecule has 0 spiro atoms. The second-order valence-corrected chi connectivity index (χ2v) is 5.27. The van der Waals surface area contributed by atoms with Crippen molar-refractivity contribution in [3.8, 4) is 5.75 Å². The summed E-state index contributed by atoms with van der Waals surface area (Å²) in [6.45, 7) is 4.86. The summed E-state index contributed by atoms with van der Waals surface area (Å²) in [6, 6.07) is 7.50. The van der Waals surface area contributed by atoms with Gasteiger partial charge < -0.3 is 14.7 Å². The molecule has 19 heavy (non-hydrogen) atoms. The third-order valence-electron chi connectivity index (χ3n) is 3.55. The van der Waals surface area contributed by atoms with E-state index >= 15 is 0 Å². The first kappa shape index (κ1) is 13.9. The van der Waals surface area contributed by atoms with E-state index in [2.05, 4.69) is 13.8 Å². The van der Waals surface area contributed by atoms with Gasteiger partial charge in [0.1, 0.15) is 5.75 Å². The minimum Gasteiger partial charge on any atom is -0.410 e. The third-order valence-corrected chi connectivity index (χ3v) is 3.55. The Balaban J connectivity index is 2.04. The van der Waals surface area contributed by atoms with Crippen LogP contribution in [0.25, 0.3) is 0 Å². The van der Waals surface area contributed by atoms with Gasteiger partial charge in [-0.3, -0.25) is 0 Å². The number of likely N-dealkylation sites (tertiary alicyclic amines) is 1. The number of benzene rings is 1. The molecule has 1 N–H and O–H groups in total. The summed E-state index contributed by atoms with van der Waals surface area (Å²) < 4.78 is 5.40. The van der Waals surface area contributed by atoms with Gasteiger partial charge in [0.2, 0.25) is 0 Å². The van der Waals surface area contributed by atoms with Crippen molar-refractivity contribution in [1.29, 1.82) is 0 Å². The smallest absolute Gasteiger partial charge is 0.410 e.